The van der Waals surface area contributed by atoms with Gasteiger partial charge in [0.1, 0.15) is 11.5 Å². The van der Waals surface area contributed by atoms with Crippen molar-refractivity contribution in [2.45, 2.75) is 0 Å². The number of fused-ring (bicyclic) bond motifs is 5. The number of carbonyl (C=O) groups is 1. The van der Waals surface area contributed by atoms with E-state index in [1.807, 2.05) is 97.1 Å². The fraction of sp³-hybridized carbons (Fsp3) is 0. The molecule has 0 bridgehead atoms. The van der Waals surface area contributed by atoms with Crippen LogP contribution in [0, 0.1) is 0 Å². The van der Waals surface area contributed by atoms with E-state index in [-0.39, 0.29) is 5.78 Å². The molecule has 7 rings (SSSR count). The molecule has 0 aromatic heterocycles. The molecule has 0 aliphatic carbocycles. The second-order valence-corrected chi connectivity index (χ2v) is 9.71. The smallest absolute Gasteiger partial charge is 0.193 e. The van der Waals surface area contributed by atoms with Gasteiger partial charge in [0, 0.05) is 22.3 Å². The van der Waals surface area contributed by atoms with Gasteiger partial charge in [-0.3, -0.25) is 4.79 Å². The Labute approximate surface area is 227 Å². The Morgan fingerprint density at radius 2 is 0.897 bits per heavy atom. The number of benzene rings is 6. The maximum Gasteiger partial charge on any atom is 0.193 e. The second-order valence-electron chi connectivity index (χ2n) is 9.71. The third-order valence-electron chi connectivity index (χ3n) is 7.27. The zero-order valence-corrected chi connectivity index (χ0v) is 21.2. The van der Waals surface area contributed by atoms with E-state index in [1.165, 1.54) is 0 Å². The summed E-state index contributed by atoms with van der Waals surface area (Å²) in [4.78, 5) is 14.1. The fourth-order valence-corrected chi connectivity index (χ4v) is 5.34. The van der Waals surface area contributed by atoms with Crippen LogP contribution in [0.15, 0.2) is 146 Å². The molecule has 1 aliphatic heterocycles. The minimum atomic E-state index is -0.0213. The molecule has 0 N–H and O–H groups in total. The summed E-state index contributed by atoms with van der Waals surface area (Å²) in [7, 11) is 0. The SMILES string of the molecule is O=C(c1cc(-c2ccccc2)cc(-c2ccccc2)c1)c1ccc2c(c1)-c1ccccc1-c1ccccc1O2. The van der Waals surface area contributed by atoms with Crippen molar-refractivity contribution in [3.63, 3.8) is 0 Å². The number of para-hydroxylation sites is 1. The van der Waals surface area contributed by atoms with E-state index in [4.69, 9.17) is 4.74 Å². The molecule has 6 aromatic rings. The summed E-state index contributed by atoms with van der Waals surface area (Å²) in [6.07, 6.45) is 0. The van der Waals surface area contributed by atoms with E-state index in [0.29, 0.717) is 11.1 Å². The highest BCUT2D eigenvalue weighted by Gasteiger charge is 2.22. The van der Waals surface area contributed by atoms with Gasteiger partial charge in [-0.2, -0.15) is 0 Å². The summed E-state index contributed by atoms with van der Waals surface area (Å²) in [5.74, 6) is 1.53. The minimum absolute atomic E-state index is 0.0213. The van der Waals surface area contributed by atoms with E-state index in [1.54, 1.807) is 0 Å². The number of hydrogen-bond acceptors (Lipinski definition) is 2. The van der Waals surface area contributed by atoms with Crippen LogP contribution in [0.1, 0.15) is 15.9 Å². The predicted molar refractivity (Wildman–Crippen MR) is 158 cm³/mol. The molecule has 1 heterocycles. The third kappa shape index (κ3) is 4.22. The monoisotopic (exact) mass is 500 g/mol. The van der Waals surface area contributed by atoms with E-state index >= 15 is 0 Å². The van der Waals surface area contributed by atoms with Crippen LogP contribution in [-0.4, -0.2) is 5.78 Å². The van der Waals surface area contributed by atoms with Crippen LogP contribution in [0.3, 0.4) is 0 Å². The average molecular weight is 501 g/mol. The summed E-state index contributed by atoms with van der Waals surface area (Å²) < 4.78 is 6.37. The lowest BCUT2D eigenvalue weighted by atomic mass is 9.90. The van der Waals surface area contributed by atoms with Crippen LogP contribution in [0.2, 0.25) is 0 Å². The fourth-order valence-electron chi connectivity index (χ4n) is 5.34. The summed E-state index contributed by atoms with van der Waals surface area (Å²) in [5, 5.41) is 0. The molecular weight excluding hydrogens is 476 g/mol. The number of carbonyl (C=O) groups excluding carboxylic acids is 1. The maximum atomic E-state index is 14.1. The van der Waals surface area contributed by atoms with Crippen LogP contribution in [-0.2, 0) is 0 Å². The van der Waals surface area contributed by atoms with Crippen LogP contribution >= 0.6 is 0 Å². The number of hydrogen-bond donors (Lipinski definition) is 0. The third-order valence-corrected chi connectivity index (χ3v) is 7.27. The van der Waals surface area contributed by atoms with Gasteiger partial charge in [-0.05, 0) is 75.8 Å². The van der Waals surface area contributed by atoms with Gasteiger partial charge >= 0.3 is 0 Å². The predicted octanol–water partition coefficient (Wildman–Crippen LogP) is 9.69. The number of ketones is 1. The first kappa shape index (κ1) is 22.9. The Bertz CT molecular complexity index is 1780. The summed E-state index contributed by atoms with van der Waals surface area (Å²) in [5.41, 5.74) is 9.55. The molecule has 1 aliphatic rings. The highest BCUT2D eigenvalue weighted by Crippen LogP contribution is 2.46. The molecule has 184 valence electrons. The Balaban J connectivity index is 1.36. The lowest BCUT2D eigenvalue weighted by Gasteiger charge is -2.13. The van der Waals surface area contributed by atoms with Gasteiger partial charge in [0.05, 0.1) is 0 Å². The van der Waals surface area contributed by atoms with Crippen molar-refractivity contribution in [2.75, 3.05) is 0 Å². The molecule has 0 unspecified atom stereocenters. The maximum absolute atomic E-state index is 14.1. The molecule has 39 heavy (non-hydrogen) atoms. The minimum Gasteiger partial charge on any atom is -0.456 e. The van der Waals surface area contributed by atoms with Crippen molar-refractivity contribution in [1.82, 2.24) is 0 Å². The number of rotatable bonds is 4. The Morgan fingerprint density at radius 1 is 0.385 bits per heavy atom. The van der Waals surface area contributed by atoms with E-state index in [0.717, 1.165) is 56.0 Å². The van der Waals surface area contributed by atoms with Crippen molar-refractivity contribution in [2.24, 2.45) is 0 Å². The van der Waals surface area contributed by atoms with Gasteiger partial charge in [-0.25, -0.2) is 0 Å². The molecule has 0 fully saturated rings. The molecule has 0 radical (unpaired) electrons. The van der Waals surface area contributed by atoms with Gasteiger partial charge in [-0.15, -0.1) is 0 Å². The van der Waals surface area contributed by atoms with E-state index in [2.05, 4.69) is 48.5 Å². The first-order valence-electron chi connectivity index (χ1n) is 13.1. The van der Waals surface area contributed by atoms with Gasteiger partial charge in [0.15, 0.2) is 5.78 Å². The molecule has 0 amide bonds. The van der Waals surface area contributed by atoms with Gasteiger partial charge in [-0.1, -0.05) is 103 Å². The van der Waals surface area contributed by atoms with Crippen molar-refractivity contribution < 1.29 is 9.53 Å². The second kappa shape index (κ2) is 9.59. The Hall–Kier alpha value is -5.21. The van der Waals surface area contributed by atoms with Crippen LogP contribution in [0.25, 0.3) is 44.5 Å². The van der Waals surface area contributed by atoms with Crippen molar-refractivity contribution in [3.8, 4) is 56.0 Å². The molecule has 0 atom stereocenters. The van der Waals surface area contributed by atoms with Gasteiger partial charge in [0.25, 0.3) is 0 Å². The lowest BCUT2D eigenvalue weighted by molar-refractivity contribution is 0.103. The zero-order chi connectivity index (χ0) is 26.2. The molecule has 0 saturated heterocycles. The summed E-state index contributed by atoms with van der Waals surface area (Å²) in [6.45, 7) is 0. The molecule has 6 aromatic carbocycles. The topological polar surface area (TPSA) is 26.3 Å². The first-order chi connectivity index (χ1) is 19.2. The normalized spacial score (nSPS) is 11.4. The Kier molecular flexibility index (Phi) is 5.64. The van der Waals surface area contributed by atoms with E-state index < -0.39 is 0 Å². The molecular formula is C37H24O2. The highest BCUT2D eigenvalue weighted by atomic mass is 16.5. The summed E-state index contributed by atoms with van der Waals surface area (Å²) in [6, 6.07) is 48.6. The standard InChI is InChI=1S/C37H24O2/c38-37(30-22-28(25-11-3-1-4-12-25)21-29(23-30)26-13-5-2-6-14-26)27-19-20-36-34(24-27)32-16-8-7-15-31(32)33-17-9-10-18-35(33)39-36/h1-24H. The average Bonchev–Trinajstić information content (AvgIpc) is 3.15. The van der Waals surface area contributed by atoms with Crippen molar-refractivity contribution in [3.05, 3.63) is 157 Å². The first-order valence-corrected chi connectivity index (χ1v) is 13.1. The van der Waals surface area contributed by atoms with Crippen LogP contribution in [0.4, 0.5) is 0 Å². The van der Waals surface area contributed by atoms with Gasteiger partial charge < -0.3 is 4.74 Å². The highest BCUT2D eigenvalue weighted by molar-refractivity contribution is 6.11. The van der Waals surface area contributed by atoms with Crippen LogP contribution < -0.4 is 4.74 Å². The number of ether oxygens (including phenoxy) is 1. The molecule has 2 nitrogen and oxygen atoms in total. The molecule has 0 spiro atoms. The quantitative estimate of drug-likeness (QED) is 0.225. The van der Waals surface area contributed by atoms with Crippen LogP contribution in [0.5, 0.6) is 11.5 Å². The Morgan fingerprint density at radius 3 is 1.54 bits per heavy atom. The molecule has 0 saturated carbocycles. The summed E-state index contributed by atoms with van der Waals surface area (Å²) >= 11 is 0. The van der Waals surface area contributed by atoms with Gasteiger partial charge in [0.2, 0.25) is 0 Å². The lowest BCUT2D eigenvalue weighted by Crippen LogP contribution is -2.03. The van der Waals surface area contributed by atoms with E-state index in [9.17, 15) is 4.79 Å². The zero-order valence-electron chi connectivity index (χ0n) is 21.2. The largest absolute Gasteiger partial charge is 0.456 e. The van der Waals surface area contributed by atoms with Crippen molar-refractivity contribution in [1.29, 1.82) is 0 Å². The molecule has 2 heteroatoms. The van der Waals surface area contributed by atoms with Crippen molar-refractivity contribution >= 4 is 5.78 Å².